The number of aryl methyl sites for hydroxylation is 2. The number of halogens is 1. The summed E-state index contributed by atoms with van der Waals surface area (Å²) in [5.41, 5.74) is 2.43. The average Bonchev–Trinajstić information content (AvgIpc) is 2.66. The van der Waals surface area contributed by atoms with Crippen molar-refractivity contribution >= 4 is 15.9 Å². The molecule has 0 aliphatic rings. The van der Waals surface area contributed by atoms with Crippen LogP contribution < -0.4 is 5.32 Å². The third kappa shape index (κ3) is 4.58. The van der Waals surface area contributed by atoms with Gasteiger partial charge in [0.25, 0.3) is 0 Å². The van der Waals surface area contributed by atoms with Crippen LogP contribution in [0.25, 0.3) is 0 Å². The molecule has 2 unspecified atom stereocenters. The molecule has 5 heteroatoms. The predicted octanol–water partition coefficient (Wildman–Crippen LogP) is 2.55. The Bertz CT molecular complexity index is 392. The highest BCUT2D eigenvalue weighted by Gasteiger charge is 2.18. The highest BCUT2D eigenvalue weighted by molar-refractivity contribution is 9.10. The summed E-state index contributed by atoms with van der Waals surface area (Å²) in [7, 11) is 3.75. The monoisotopic (exact) mass is 331 g/mol. The topological polar surface area (TPSA) is 39.1 Å². The number of hydrogen-bond acceptors (Lipinski definition) is 3. The molecule has 0 radical (unpaired) electrons. The zero-order chi connectivity index (χ0) is 14.4. The van der Waals surface area contributed by atoms with Gasteiger partial charge in [-0.1, -0.05) is 13.8 Å². The lowest BCUT2D eigenvalue weighted by Gasteiger charge is -2.21. The molecule has 0 saturated carbocycles. The number of ether oxygens (including phenoxy) is 1. The summed E-state index contributed by atoms with van der Waals surface area (Å²) in [5.74, 6) is 0.549. The molecule has 1 heterocycles. The molecule has 0 aliphatic carbocycles. The Morgan fingerprint density at radius 2 is 2.11 bits per heavy atom. The van der Waals surface area contributed by atoms with Gasteiger partial charge >= 0.3 is 0 Å². The lowest BCUT2D eigenvalue weighted by molar-refractivity contribution is 0.192. The Hall–Kier alpha value is -0.390. The van der Waals surface area contributed by atoms with Crippen LogP contribution in [0.3, 0.4) is 0 Å². The maximum absolute atomic E-state index is 5.06. The quantitative estimate of drug-likeness (QED) is 0.744. The molecular weight excluding hydrogens is 306 g/mol. The Morgan fingerprint density at radius 1 is 1.42 bits per heavy atom. The van der Waals surface area contributed by atoms with Crippen LogP contribution in [-0.2, 0) is 24.6 Å². The first kappa shape index (κ1) is 16.7. The number of methoxy groups -OCH3 is 1. The number of nitrogens with one attached hydrogen (secondary N) is 1. The van der Waals surface area contributed by atoms with E-state index < -0.39 is 0 Å². The van der Waals surface area contributed by atoms with Crippen molar-refractivity contribution in [2.45, 2.75) is 39.7 Å². The van der Waals surface area contributed by atoms with Crippen LogP contribution in [0.4, 0.5) is 0 Å². The minimum absolute atomic E-state index is 0.460. The summed E-state index contributed by atoms with van der Waals surface area (Å²) < 4.78 is 8.24. The fourth-order valence-electron chi connectivity index (χ4n) is 2.11. The van der Waals surface area contributed by atoms with E-state index in [1.165, 1.54) is 10.2 Å². The normalized spacial score (nSPS) is 14.6. The van der Waals surface area contributed by atoms with E-state index in [0.717, 1.165) is 31.7 Å². The summed E-state index contributed by atoms with van der Waals surface area (Å²) in [4.78, 5) is 0. The Kier molecular flexibility index (Phi) is 7.04. The van der Waals surface area contributed by atoms with E-state index in [9.17, 15) is 0 Å². The summed E-state index contributed by atoms with van der Waals surface area (Å²) in [6.07, 6.45) is 1.98. The van der Waals surface area contributed by atoms with E-state index in [4.69, 9.17) is 4.74 Å². The third-order valence-corrected chi connectivity index (χ3v) is 4.56. The van der Waals surface area contributed by atoms with E-state index in [-0.39, 0.29) is 0 Å². The van der Waals surface area contributed by atoms with Crippen LogP contribution in [0.5, 0.6) is 0 Å². The second kappa shape index (κ2) is 8.02. The SMILES string of the molecule is CCc1nn(C)c(CC(C)C(C)NCCOC)c1Br. The minimum Gasteiger partial charge on any atom is -0.383 e. The number of hydrogen-bond donors (Lipinski definition) is 1. The van der Waals surface area contributed by atoms with Crippen molar-refractivity contribution in [2.24, 2.45) is 13.0 Å². The molecule has 1 aromatic heterocycles. The smallest absolute Gasteiger partial charge is 0.0766 e. The lowest BCUT2D eigenvalue weighted by Crippen LogP contribution is -2.35. The maximum atomic E-state index is 5.06. The fraction of sp³-hybridized carbons (Fsp3) is 0.786. The summed E-state index contributed by atoms with van der Waals surface area (Å²) in [6, 6.07) is 0.460. The van der Waals surface area contributed by atoms with Crippen molar-refractivity contribution in [3.8, 4) is 0 Å². The Morgan fingerprint density at radius 3 is 2.63 bits per heavy atom. The van der Waals surface area contributed by atoms with E-state index >= 15 is 0 Å². The molecular formula is C14H26BrN3O. The van der Waals surface area contributed by atoms with Crippen LogP contribution in [0.1, 0.15) is 32.2 Å². The van der Waals surface area contributed by atoms with E-state index in [0.29, 0.717) is 12.0 Å². The summed E-state index contributed by atoms with van der Waals surface area (Å²) in [5, 5.41) is 8.04. The Labute approximate surface area is 125 Å². The first-order chi connectivity index (χ1) is 9.01. The predicted molar refractivity (Wildman–Crippen MR) is 82.5 cm³/mol. The van der Waals surface area contributed by atoms with Crippen molar-refractivity contribution in [3.05, 3.63) is 15.9 Å². The van der Waals surface area contributed by atoms with Crippen molar-refractivity contribution in [1.82, 2.24) is 15.1 Å². The van der Waals surface area contributed by atoms with Crippen molar-refractivity contribution in [1.29, 1.82) is 0 Å². The van der Waals surface area contributed by atoms with Crippen LogP contribution in [0.2, 0.25) is 0 Å². The van der Waals surface area contributed by atoms with E-state index in [2.05, 4.69) is 47.1 Å². The standard InChI is InChI=1S/C14H26BrN3O/c1-6-12-14(15)13(18(4)17-12)9-10(2)11(3)16-7-8-19-5/h10-11,16H,6-9H2,1-5H3. The second-order valence-electron chi connectivity index (χ2n) is 5.10. The van der Waals surface area contributed by atoms with Gasteiger partial charge in [-0.2, -0.15) is 5.10 Å². The number of aromatic nitrogens is 2. The van der Waals surface area contributed by atoms with Crippen LogP contribution in [-0.4, -0.2) is 36.1 Å². The first-order valence-corrected chi connectivity index (χ1v) is 7.73. The molecule has 0 saturated heterocycles. The highest BCUT2D eigenvalue weighted by Crippen LogP contribution is 2.24. The molecule has 110 valence electrons. The molecule has 1 N–H and O–H groups in total. The average molecular weight is 332 g/mol. The Balaban J connectivity index is 2.61. The number of nitrogens with zero attached hydrogens (tertiary/aromatic N) is 2. The largest absolute Gasteiger partial charge is 0.383 e. The van der Waals surface area contributed by atoms with Gasteiger partial charge in [-0.05, 0) is 41.6 Å². The van der Waals surface area contributed by atoms with Crippen LogP contribution in [0, 0.1) is 5.92 Å². The van der Waals surface area contributed by atoms with Gasteiger partial charge in [0.1, 0.15) is 0 Å². The first-order valence-electron chi connectivity index (χ1n) is 6.93. The maximum Gasteiger partial charge on any atom is 0.0766 e. The van der Waals surface area contributed by atoms with Crippen LogP contribution >= 0.6 is 15.9 Å². The third-order valence-electron chi connectivity index (χ3n) is 3.64. The van der Waals surface area contributed by atoms with Crippen molar-refractivity contribution in [2.75, 3.05) is 20.3 Å². The summed E-state index contributed by atoms with van der Waals surface area (Å²) >= 11 is 3.68. The molecule has 0 spiro atoms. The van der Waals surface area contributed by atoms with Crippen molar-refractivity contribution in [3.63, 3.8) is 0 Å². The van der Waals surface area contributed by atoms with E-state index in [1.54, 1.807) is 7.11 Å². The molecule has 19 heavy (non-hydrogen) atoms. The molecule has 0 amide bonds. The zero-order valence-corrected chi connectivity index (χ0v) is 14.2. The van der Waals surface area contributed by atoms with Gasteiger partial charge < -0.3 is 10.1 Å². The van der Waals surface area contributed by atoms with Crippen molar-refractivity contribution < 1.29 is 4.74 Å². The summed E-state index contributed by atoms with van der Waals surface area (Å²) in [6.45, 7) is 8.29. The van der Waals surface area contributed by atoms with Gasteiger partial charge in [-0.3, -0.25) is 4.68 Å². The van der Waals surface area contributed by atoms with Gasteiger partial charge in [0.15, 0.2) is 0 Å². The highest BCUT2D eigenvalue weighted by atomic mass is 79.9. The molecule has 4 nitrogen and oxygen atoms in total. The lowest BCUT2D eigenvalue weighted by atomic mass is 9.97. The second-order valence-corrected chi connectivity index (χ2v) is 5.89. The minimum atomic E-state index is 0.460. The van der Waals surface area contributed by atoms with Gasteiger partial charge in [0.05, 0.1) is 22.5 Å². The molecule has 1 aromatic rings. The van der Waals surface area contributed by atoms with Gasteiger partial charge in [0, 0.05) is 26.7 Å². The van der Waals surface area contributed by atoms with E-state index in [1.807, 2.05) is 11.7 Å². The molecule has 0 fully saturated rings. The zero-order valence-electron chi connectivity index (χ0n) is 12.7. The molecule has 1 rings (SSSR count). The van der Waals surface area contributed by atoms with Crippen LogP contribution in [0.15, 0.2) is 4.47 Å². The van der Waals surface area contributed by atoms with Gasteiger partial charge in [-0.15, -0.1) is 0 Å². The molecule has 2 atom stereocenters. The molecule has 0 aliphatic heterocycles. The van der Waals surface area contributed by atoms with Gasteiger partial charge in [-0.25, -0.2) is 0 Å². The molecule has 0 aromatic carbocycles. The van der Waals surface area contributed by atoms with Gasteiger partial charge in [0.2, 0.25) is 0 Å². The fourth-order valence-corrected chi connectivity index (χ4v) is 2.89. The molecule has 0 bridgehead atoms. The number of rotatable bonds is 8.